The molecule has 1 heterocycles. The van der Waals surface area contributed by atoms with E-state index in [9.17, 15) is 35.9 Å². The molecule has 1 amide bonds. The molecule has 0 spiro atoms. The Hall–Kier alpha value is -2.79. The van der Waals surface area contributed by atoms with Gasteiger partial charge in [0.15, 0.2) is 5.78 Å². The molecule has 12 heteroatoms. The molecular formula is C26H27ClF6N2O3. The molecule has 0 radical (unpaired) electrons. The maximum absolute atomic E-state index is 13.5. The normalized spacial score (nSPS) is 17.2. The lowest BCUT2D eigenvalue weighted by atomic mass is 9.94. The van der Waals surface area contributed by atoms with Crippen LogP contribution in [0.4, 0.5) is 36.8 Å². The predicted molar refractivity (Wildman–Crippen MR) is 130 cm³/mol. The number of nitrogens with zero attached hydrogens (tertiary/aromatic N) is 1. The van der Waals surface area contributed by atoms with Crippen LogP contribution in [0.5, 0.6) is 0 Å². The van der Waals surface area contributed by atoms with Crippen LogP contribution in [0.2, 0.25) is 5.02 Å². The number of ether oxygens (including phenoxy) is 1. The molecule has 38 heavy (non-hydrogen) atoms. The molecule has 2 aromatic rings. The SMILES string of the molecule is CC(=O)C(NC1CCCN(C(=O)OC(C)C)c2cc(C)c(Cl)cc21)c1cc(C(F)(F)F)cc(C(F)(F)F)c1. The Morgan fingerprint density at radius 2 is 1.61 bits per heavy atom. The number of benzene rings is 2. The van der Waals surface area contributed by atoms with Crippen molar-refractivity contribution in [2.24, 2.45) is 0 Å². The fraction of sp³-hybridized carbons (Fsp3) is 0.462. The van der Waals surface area contributed by atoms with Crippen molar-refractivity contribution >= 4 is 29.2 Å². The number of hydrogen-bond donors (Lipinski definition) is 1. The van der Waals surface area contributed by atoms with Gasteiger partial charge in [-0.2, -0.15) is 26.3 Å². The second kappa shape index (κ2) is 11.1. The molecule has 1 aliphatic heterocycles. The Bertz CT molecular complexity index is 1180. The number of nitrogens with one attached hydrogen (secondary N) is 1. The number of fused-ring (bicyclic) bond motifs is 1. The molecule has 5 nitrogen and oxygen atoms in total. The van der Waals surface area contributed by atoms with Gasteiger partial charge in [-0.3, -0.25) is 15.0 Å². The van der Waals surface area contributed by atoms with Gasteiger partial charge in [0, 0.05) is 17.6 Å². The maximum Gasteiger partial charge on any atom is 0.416 e. The molecule has 2 unspecified atom stereocenters. The maximum atomic E-state index is 13.5. The average molecular weight is 565 g/mol. The van der Waals surface area contributed by atoms with Crippen LogP contribution in [-0.2, 0) is 21.9 Å². The summed E-state index contributed by atoms with van der Waals surface area (Å²) in [5, 5.41) is 3.29. The van der Waals surface area contributed by atoms with Crippen molar-refractivity contribution in [2.75, 3.05) is 11.4 Å². The highest BCUT2D eigenvalue weighted by atomic mass is 35.5. The Balaban J connectivity index is 2.10. The van der Waals surface area contributed by atoms with E-state index >= 15 is 0 Å². The summed E-state index contributed by atoms with van der Waals surface area (Å²) < 4.78 is 86.1. The Labute approximate surface area is 221 Å². The third-order valence-electron chi connectivity index (χ3n) is 6.12. The molecule has 0 bridgehead atoms. The molecule has 0 saturated heterocycles. The first-order chi connectivity index (χ1) is 17.5. The molecule has 0 aliphatic carbocycles. The van der Waals surface area contributed by atoms with E-state index < -0.39 is 59.1 Å². The third kappa shape index (κ3) is 6.79. The summed E-state index contributed by atoms with van der Waals surface area (Å²) in [6.07, 6.45) is -10.4. The molecule has 0 saturated carbocycles. The van der Waals surface area contributed by atoms with E-state index in [-0.39, 0.29) is 12.6 Å². The van der Waals surface area contributed by atoms with Crippen LogP contribution in [0.15, 0.2) is 30.3 Å². The van der Waals surface area contributed by atoms with Crippen molar-refractivity contribution in [3.05, 3.63) is 63.2 Å². The zero-order chi connectivity index (χ0) is 28.6. The molecule has 0 aromatic heterocycles. The van der Waals surface area contributed by atoms with Gasteiger partial charge in [0.05, 0.1) is 29.0 Å². The van der Waals surface area contributed by atoms with Gasteiger partial charge >= 0.3 is 18.4 Å². The first-order valence-corrected chi connectivity index (χ1v) is 12.2. The van der Waals surface area contributed by atoms with Gasteiger partial charge in [0.2, 0.25) is 0 Å². The summed E-state index contributed by atoms with van der Waals surface area (Å²) in [4.78, 5) is 26.9. The Morgan fingerprint density at radius 3 is 2.11 bits per heavy atom. The van der Waals surface area contributed by atoms with Gasteiger partial charge in [0.1, 0.15) is 0 Å². The van der Waals surface area contributed by atoms with Crippen LogP contribution < -0.4 is 10.2 Å². The van der Waals surface area contributed by atoms with Gasteiger partial charge in [0.25, 0.3) is 0 Å². The number of amides is 1. The molecule has 2 aromatic carbocycles. The van der Waals surface area contributed by atoms with Crippen molar-refractivity contribution < 1.29 is 40.7 Å². The summed E-state index contributed by atoms with van der Waals surface area (Å²) >= 11 is 6.35. The fourth-order valence-corrected chi connectivity index (χ4v) is 4.52. The van der Waals surface area contributed by atoms with E-state index in [0.29, 0.717) is 46.8 Å². The minimum atomic E-state index is -5.06. The smallest absolute Gasteiger partial charge is 0.416 e. The summed E-state index contributed by atoms with van der Waals surface area (Å²) in [6.45, 7) is 6.43. The van der Waals surface area contributed by atoms with Crippen molar-refractivity contribution in [1.29, 1.82) is 0 Å². The second-order valence-electron chi connectivity index (χ2n) is 9.49. The van der Waals surface area contributed by atoms with Gasteiger partial charge < -0.3 is 4.74 Å². The van der Waals surface area contributed by atoms with E-state index in [1.807, 2.05) is 0 Å². The molecule has 2 atom stereocenters. The monoisotopic (exact) mass is 564 g/mol. The van der Waals surface area contributed by atoms with Gasteiger partial charge in [-0.25, -0.2) is 4.79 Å². The van der Waals surface area contributed by atoms with Crippen LogP contribution in [0, 0.1) is 6.92 Å². The minimum Gasteiger partial charge on any atom is -0.446 e. The van der Waals surface area contributed by atoms with Gasteiger partial charge in [-0.1, -0.05) is 11.6 Å². The number of ketones is 1. The van der Waals surface area contributed by atoms with E-state index in [2.05, 4.69) is 5.32 Å². The van der Waals surface area contributed by atoms with Crippen LogP contribution in [0.25, 0.3) is 0 Å². The van der Waals surface area contributed by atoms with Crippen molar-refractivity contribution in [1.82, 2.24) is 5.32 Å². The second-order valence-corrected chi connectivity index (χ2v) is 9.90. The van der Waals surface area contributed by atoms with Crippen molar-refractivity contribution in [2.45, 2.75) is 71.1 Å². The highest BCUT2D eigenvalue weighted by molar-refractivity contribution is 6.31. The first kappa shape index (κ1) is 29.8. The number of anilines is 1. The number of carbonyl (C=O) groups excluding carboxylic acids is 2. The lowest BCUT2D eigenvalue weighted by Crippen LogP contribution is -2.34. The standard InChI is InChI=1S/C26H27ClF6N2O3/c1-13(2)38-24(37)35-7-5-6-21(19-12-20(27)14(3)8-22(19)35)34-23(15(4)36)16-9-17(25(28,29)30)11-18(10-16)26(31,32)33/h8-13,21,23,34H,5-7H2,1-4H3. The Kier molecular flexibility index (Phi) is 8.72. The quantitative estimate of drug-likeness (QED) is 0.377. The molecule has 0 fully saturated rings. The number of carbonyl (C=O) groups is 2. The number of alkyl halides is 6. The predicted octanol–water partition coefficient (Wildman–Crippen LogP) is 7.79. The number of halogens is 7. The van der Waals surface area contributed by atoms with Crippen LogP contribution >= 0.6 is 11.6 Å². The van der Waals surface area contributed by atoms with Crippen molar-refractivity contribution in [3.8, 4) is 0 Å². The minimum absolute atomic E-state index is 0.0163. The number of Topliss-reactive ketones (excluding diaryl/α,β-unsaturated/α-hetero) is 1. The van der Waals surface area contributed by atoms with Crippen LogP contribution in [-0.4, -0.2) is 24.5 Å². The molecule has 208 valence electrons. The fourth-order valence-electron chi connectivity index (χ4n) is 4.35. The van der Waals surface area contributed by atoms with E-state index in [1.165, 1.54) is 4.90 Å². The van der Waals surface area contributed by atoms with Gasteiger partial charge in [-0.05, 0) is 87.6 Å². The van der Waals surface area contributed by atoms with Crippen molar-refractivity contribution in [3.63, 3.8) is 0 Å². The highest BCUT2D eigenvalue weighted by Crippen LogP contribution is 2.41. The highest BCUT2D eigenvalue weighted by Gasteiger charge is 2.39. The molecular weight excluding hydrogens is 538 g/mol. The number of aryl methyl sites for hydroxylation is 1. The lowest BCUT2D eigenvalue weighted by Gasteiger charge is -2.28. The zero-order valence-electron chi connectivity index (χ0n) is 21.1. The largest absolute Gasteiger partial charge is 0.446 e. The summed E-state index contributed by atoms with van der Waals surface area (Å²) in [7, 11) is 0. The first-order valence-electron chi connectivity index (χ1n) is 11.8. The zero-order valence-corrected chi connectivity index (χ0v) is 21.8. The Morgan fingerprint density at radius 1 is 1.03 bits per heavy atom. The molecule has 1 aliphatic rings. The van der Waals surface area contributed by atoms with E-state index in [4.69, 9.17) is 16.3 Å². The number of rotatable bonds is 5. The van der Waals surface area contributed by atoms with Crippen LogP contribution in [0.1, 0.15) is 73.5 Å². The average Bonchev–Trinajstić information content (AvgIpc) is 2.95. The number of hydrogen-bond acceptors (Lipinski definition) is 4. The topological polar surface area (TPSA) is 58.6 Å². The molecule has 1 N–H and O–H groups in total. The van der Waals surface area contributed by atoms with Gasteiger partial charge in [-0.15, -0.1) is 0 Å². The third-order valence-corrected chi connectivity index (χ3v) is 6.53. The summed E-state index contributed by atoms with van der Waals surface area (Å²) in [5.41, 5.74) is -1.97. The summed E-state index contributed by atoms with van der Waals surface area (Å²) in [6, 6.07) is 2.12. The van der Waals surface area contributed by atoms with E-state index in [1.54, 1.807) is 32.9 Å². The van der Waals surface area contributed by atoms with E-state index in [0.717, 1.165) is 6.92 Å². The summed E-state index contributed by atoms with van der Waals surface area (Å²) in [5.74, 6) is -0.683. The lowest BCUT2D eigenvalue weighted by molar-refractivity contribution is -0.143. The van der Waals surface area contributed by atoms with Crippen LogP contribution in [0.3, 0.4) is 0 Å². The molecule has 3 rings (SSSR count).